The van der Waals surface area contributed by atoms with E-state index < -0.39 is 17.8 Å². The Morgan fingerprint density at radius 3 is 1.89 bits per heavy atom. The zero-order valence-corrected chi connectivity index (χ0v) is 22.4. The Morgan fingerprint density at radius 1 is 0.811 bits per heavy atom. The van der Waals surface area contributed by atoms with Gasteiger partial charge < -0.3 is 15.5 Å². The van der Waals surface area contributed by atoms with Crippen molar-refractivity contribution in [2.24, 2.45) is 0 Å². The van der Waals surface area contributed by atoms with Crippen LogP contribution in [0.2, 0.25) is 0 Å². The van der Waals surface area contributed by atoms with E-state index in [-0.39, 0.29) is 30.8 Å². The number of benzene rings is 1. The first-order valence-electron chi connectivity index (χ1n) is 13.8. The summed E-state index contributed by atoms with van der Waals surface area (Å²) in [4.78, 5) is 43.7. The number of nitrogens with one attached hydrogen (secondary N) is 1. The smallest absolute Gasteiger partial charge is 0.303 e. The highest BCUT2D eigenvalue weighted by Gasteiger charge is 2.37. The lowest BCUT2D eigenvalue weighted by Crippen LogP contribution is -2.30. The molecule has 1 aromatic rings. The fourth-order valence-corrected chi connectivity index (χ4v) is 3.88. The molecular formula is C28H46N2O7. The van der Waals surface area contributed by atoms with E-state index in [1.54, 1.807) is 24.3 Å². The predicted molar refractivity (Wildman–Crippen MR) is 142 cm³/mol. The van der Waals surface area contributed by atoms with Crippen LogP contribution in [0.4, 0.5) is 0 Å². The average Bonchev–Trinajstić information content (AvgIpc) is 3.14. The van der Waals surface area contributed by atoms with Gasteiger partial charge in [0.25, 0.3) is 11.8 Å². The van der Waals surface area contributed by atoms with Crippen LogP contribution in [0.25, 0.3) is 0 Å². The Kier molecular flexibility index (Phi) is 19.2. The molecule has 0 unspecified atom stereocenters. The maximum atomic E-state index is 11.9. The number of unbranched alkanes of at least 4 members (excludes halogenated alkanes) is 11. The molecule has 2 amide bonds. The molecule has 3 N–H and O–H groups in total. The van der Waals surface area contributed by atoms with Crippen molar-refractivity contribution in [1.82, 2.24) is 10.4 Å². The van der Waals surface area contributed by atoms with Gasteiger partial charge in [0.1, 0.15) is 0 Å². The summed E-state index contributed by atoms with van der Waals surface area (Å²) in [6.45, 7) is 4.52. The van der Waals surface area contributed by atoms with E-state index in [2.05, 4.69) is 12.2 Å². The number of nitrogens with zero attached hydrogens (tertiary/aromatic N) is 1. The maximum Gasteiger partial charge on any atom is 0.303 e. The number of hydrogen-bond acceptors (Lipinski definition) is 7. The highest BCUT2D eigenvalue weighted by molar-refractivity contribution is 6.20. The Balaban J connectivity index is 0.000000387. The number of aliphatic carboxylic acids is 1. The van der Waals surface area contributed by atoms with Crippen LogP contribution >= 0.6 is 0 Å². The summed E-state index contributed by atoms with van der Waals surface area (Å²) in [6, 6.07) is 6.42. The maximum absolute atomic E-state index is 11.9. The van der Waals surface area contributed by atoms with Gasteiger partial charge in [0.2, 0.25) is 0 Å². The minimum atomic E-state index is -0.835. The van der Waals surface area contributed by atoms with E-state index in [1.165, 1.54) is 64.2 Å². The second-order valence-corrected chi connectivity index (χ2v) is 9.21. The minimum Gasteiger partial charge on any atom is -0.481 e. The number of carboxylic acid groups (broad SMARTS) is 1. The van der Waals surface area contributed by atoms with E-state index in [9.17, 15) is 14.4 Å². The lowest BCUT2D eigenvalue weighted by Gasteiger charge is -2.11. The third-order valence-corrected chi connectivity index (χ3v) is 6.00. The number of amides is 2. The van der Waals surface area contributed by atoms with E-state index in [0.29, 0.717) is 24.3 Å². The van der Waals surface area contributed by atoms with Crippen LogP contribution in [0.5, 0.6) is 0 Å². The second-order valence-electron chi connectivity index (χ2n) is 9.21. The second kappa shape index (κ2) is 21.7. The van der Waals surface area contributed by atoms with E-state index in [0.717, 1.165) is 13.1 Å². The Hall–Kier alpha value is -2.33. The molecule has 0 aromatic heterocycles. The molecule has 9 nitrogen and oxygen atoms in total. The summed E-state index contributed by atoms with van der Waals surface area (Å²) in [5.74, 6) is -1.94. The Morgan fingerprint density at radius 2 is 1.35 bits per heavy atom. The largest absolute Gasteiger partial charge is 0.481 e. The number of carbonyl (C=O) groups excluding carboxylic acids is 2. The molecule has 0 atom stereocenters. The Labute approximate surface area is 221 Å². The third kappa shape index (κ3) is 14.9. The van der Waals surface area contributed by atoms with Crippen molar-refractivity contribution >= 4 is 17.8 Å². The molecule has 0 fully saturated rings. The predicted octanol–water partition coefficient (Wildman–Crippen LogP) is 5.28. The molecular weight excluding hydrogens is 476 g/mol. The molecule has 9 heteroatoms. The molecule has 0 saturated carbocycles. The van der Waals surface area contributed by atoms with Crippen molar-refractivity contribution in [2.75, 3.05) is 26.3 Å². The van der Waals surface area contributed by atoms with Crippen LogP contribution in [0.1, 0.15) is 118 Å². The molecule has 1 heterocycles. The number of aliphatic hydroxyl groups is 1. The number of hydroxylamine groups is 2. The van der Waals surface area contributed by atoms with Gasteiger partial charge in [-0.05, 0) is 37.9 Å². The zero-order chi connectivity index (χ0) is 27.1. The summed E-state index contributed by atoms with van der Waals surface area (Å²) < 4.78 is 0. The van der Waals surface area contributed by atoms with Gasteiger partial charge in [-0.2, -0.15) is 0 Å². The van der Waals surface area contributed by atoms with Gasteiger partial charge in [-0.15, -0.1) is 10.1 Å². The standard InChI is InChI=1S/C14H15NO6.C14H31NO/c16-12(17)8-2-1-5-9-20-21-15-13(18)10-6-3-4-7-11(10)14(15)19;1-2-3-4-5-6-7-8-9-10-11-12-15-13-14-16/h3-4,6-7H,1-2,5,8-9H2,(H,16,17);15-16H,2-14H2,1H3. The summed E-state index contributed by atoms with van der Waals surface area (Å²) in [5.41, 5.74) is 0.570. The van der Waals surface area contributed by atoms with Gasteiger partial charge in [-0.25, -0.2) is 4.89 Å². The fourth-order valence-electron chi connectivity index (χ4n) is 3.88. The number of imide groups is 1. The fraction of sp³-hybridized carbons (Fsp3) is 0.679. The molecule has 2 rings (SSSR count). The quantitative estimate of drug-likeness (QED) is 0.0862. The number of rotatable bonds is 21. The van der Waals surface area contributed by atoms with Gasteiger partial charge in [-0.3, -0.25) is 14.4 Å². The van der Waals surface area contributed by atoms with Gasteiger partial charge in [0.15, 0.2) is 0 Å². The first-order valence-corrected chi connectivity index (χ1v) is 13.8. The molecule has 210 valence electrons. The molecule has 0 aliphatic carbocycles. The van der Waals surface area contributed by atoms with Crippen LogP contribution in [0, 0.1) is 0 Å². The summed E-state index contributed by atoms with van der Waals surface area (Å²) in [7, 11) is 0. The number of fused-ring (bicyclic) bond motifs is 1. The van der Waals surface area contributed by atoms with Crippen molar-refractivity contribution < 1.29 is 34.5 Å². The van der Waals surface area contributed by atoms with Crippen molar-refractivity contribution in [2.45, 2.75) is 96.8 Å². The number of carboxylic acids is 1. The van der Waals surface area contributed by atoms with Crippen LogP contribution in [0.15, 0.2) is 24.3 Å². The SMILES string of the molecule is CCCCCCCCCCCCNCCO.O=C(O)CCCCCOON1C(=O)c2ccccc2C1=O. The summed E-state index contributed by atoms with van der Waals surface area (Å²) in [5, 5.41) is 20.8. The minimum absolute atomic E-state index is 0.110. The Bertz CT molecular complexity index is 724. The summed E-state index contributed by atoms with van der Waals surface area (Å²) >= 11 is 0. The number of hydrogen-bond donors (Lipinski definition) is 3. The van der Waals surface area contributed by atoms with Crippen molar-refractivity contribution in [3.8, 4) is 0 Å². The molecule has 0 spiro atoms. The first-order chi connectivity index (χ1) is 18.0. The molecule has 1 aliphatic heterocycles. The van der Waals surface area contributed by atoms with Gasteiger partial charge >= 0.3 is 5.97 Å². The van der Waals surface area contributed by atoms with Gasteiger partial charge in [0.05, 0.1) is 24.3 Å². The van der Waals surface area contributed by atoms with Crippen LogP contribution < -0.4 is 5.32 Å². The average molecular weight is 523 g/mol. The normalized spacial score (nSPS) is 12.4. The van der Waals surface area contributed by atoms with Crippen molar-refractivity contribution in [3.63, 3.8) is 0 Å². The third-order valence-electron chi connectivity index (χ3n) is 6.00. The van der Waals surface area contributed by atoms with Crippen LogP contribution in [0.3, 0.4) is 0 Å². The van der Waals surface area contributed by atoms with Gasteiger partial charge in [0, 0.05) is 13.0 Å². The topological polar surface area (TPSA) is 125 Å². The lowest BCUT2D eigenvalue weighted by atomic mass is 10.1. The van der Waals surface area contributed by atoms with Crippen LogP contribution in [-0.2, 0) is 14.7 Å². The summed E-state index contributed by atoms with van der Waals surface area (Å²) in [6.07, 6.45) is 15.8. The molecule has 0 radical (unpaired) electrons. The molecule has 0 bridgehead atoms. The molecule has 0 saturated heterocycles. The first kappa shape index (κ1) is 32.7. The van der Waals surface area contributed by atoms with Crippen molar-refractivity contribution in [3.05, 3.63) is 35.4 Å². The molecule has 1 aromatic carbocycles. The number of aliphatic hydroxyl groups excluding tert-OH is 1. The van der Waals surface area contributed by atoms with Crippen molar-refractivity contribution in [1.29, 1.82) is 0 Å². The van der Waals surface area contributed by atoms with Gasteiger partial charge in [-0.1, -0.05) is 83.3 Å². The molecule has 37 heavy (non-hydrogen) atoms. The van der Waals surface area contributed by atoms with E-state index in [4.69, 9.17) is 20.1 Å². The highest BCUT2D eigenvalue weighted by atomic mass is 17.3. The van der Waals surface area contributed by atoms with E-state index in [1.807, 2.05) is 0 Å². The molecule has 1 aliphatic rings. The van der Waals surface area contributed by atoms with E-state index >= 15 is 0 Å². The monoisotopic (exact) mass is 522 g/mol. The highest BCUT2D eigenvalue weighted by Crippen LogP contribution is 2.22. The zero-order valence-electron chi connectivity index (χ0n) is 22.4. The lowest BCUT2D eigenvalue weighted by molar-refractivity contribution is -0.385. The number of carbonyl (C=O) groups is 3. The van der Waals surface area contributed by atoms with Crippen LogP contribution in [-0.4, -0.2) is 59.4 Å².